The molecule has 0 spiro atoms. The van der Waals surface area contributed by atoms with Crippen LogP contribution < -0.4 is 10.8 Å². The molecule has 138 valence electrons. The fourth-order valence-electron chi connectivity index (χ4n) is 2.30. The van der Waals surface area contributed by atoms with Gasteiger partial charge in [-0.3, -0.25) is 0 Å². The molecule has 0 aliphatic carbocycles. The average Bonchev–Trinajstić information content (AvgIpc) is 2.82. The zero-order chi connectivity index (χ0) is 20.6. The van der Waals surface area contributed by atoms with Crippen molar-refractivity contribution in [1.82, 2.24) is 0 Å². The predicted octanol–water partition coefficient (Wildman–Crippen LogP) is 2.64. The van der Waals surface area contributed by atoms with Crippen molar-refractivity contribution in [3.8, 4) is 18.2 Å². The molecule has 6 nitrogen and oxygen atoms in total. The minimum Gasteiger partial charge on any atom is -0.399 e. The molecule has 0 unspecified atom stereocenters. The molecule has 27 heavy (non-hydrogen) atoms. The first-order valence-electron chi connectivity index (χ1n) is 7.73. The Morgan fingerprint density at radius 2 is 1.48 bits per heavy atom. The summed E-state index contributed by atoms with van der Waals surface area (Å²) in [6.07, 6.45) is 0. The van der Waals surface area contributed by atoms with Gasteiger partial charge in [-0.25, -0.2) is 13.2 Å². The second-order valence-electron chi connectivity index (χ2n) is 6.75. The average molecular weight is 374 g/mol. The van der Waals surface area contributed by atoms with Crippen LogP contribution in [0.3, 0.4) is 0 Å². The zero-order valence-corrected chi connectivity index (χ0v) is 14.9. The maximum atomic E-state index is 14.4. The van der Waals surface area contributed by atoms with Crippen LogP contribution in [0.2, 0.25) is 0 Å². The van der Waals surface area contributed by atoms with E-state index >= 15 is 0 Å². The summed E-state index contributed by atoms with van der Waals surface area (Å²) >= 11 is 0. The van der Waals surface area contributed by atoms with Gasteiger partial charge in [-0.05, 0) is 33.8 Å². The Hall–Kier alpha value is -3.00. The highest BCUT2D eigenvalue weighted by atomic mass is 19.2. The summed E-state index contributed by atoms with van der Waals surface area (Å²) in [7, 11) is -1.28. The van der Waals surface area contributed by atoms with E-state index in [4.69, 9.17) is 25.1 Å². The number of halogens is 3. The molecule has 1 aromatic carbocycles. The quantitative estimate of drug-likeness (QED) is 0.496. The van der Waals surface area contributed by atoms with Crippen LogP contribution in [0.25, 0.3) is 0 Å². The number of hydrogen-bond acceptors (Lipinski definition) is 6. The van der Waals surface area contributed by atoms with E-state index in [0.29, 0.717) is 6.07 Å². The van der Waals surface area contributed by atoms with Crippen LogP contribution in [-0.4, -0.2) is 18.3 Å². The molecule has 2 rings (SSSR count). The Balaban J connectivity index is 2.65. The third kappa shape index (κ3) is 3.48. The number of allylic oxidation sites excluding steroid dienone is 2. The summed E-state index contributed by atoms with van der Waals surface area (Å²) in [5.74, 6) is -4.90. The second kappa shape index (κ2) is 6.96. The van der Waals surface area contributed by atoms with Gasteiger partial charge in [-0.1, -0.05) is 0 Å². The molecular formula is C17H14BF3N4O2. The largest absolute Gasteiger partial charge is 0.497 e. The van der Waals surface area contributed by atoms with Gasteiger partial charge in [0.15, 0.2) is 23.0 Å². The van der Waals surface area contributed by atoms with Gasteiger partial charge >= 0.3 is 7.12 Å². The lowest BCUT2D eigenvalue weighted by atomic mass is 9.77. The summed E-state index contributed by atoms with van der Waals surface area (Å²) < 4.78 is 53.5. The van der Waals surface area contributed by atoms with Crippen molar-refractivity contribution in [2.75, 3.05) is 5.32 Å². The van der Waals surface area contributed by atoms with Gasteiger partial charge < -0.3 is 14.6 Å². The van der Waals surface area contributed by atoms with Crippen molar-refractivity contribution in [3.05, 3.63) is 34.8 Å². The highest BCUT2D eigenvalue weighted by Crippen LogP contribution is 2.37. The van der Waals surface area contributed by atoms with E-state index in [1.54, 1.807) is 27.7 Å². The Labute approximate surface area is 154 Å². The van der Waals surface area contributed by atoms with Gasteiger partial charge in [-0.15, -0.1) is 0 Å². The Morgan fingerprint density at radius 3 is 1.93 bits per heavy atom. The van der Waals surface area contributed by atoms with E-state index < -0.39 is 52.7 Å². The fraction of sp³-hybridized carbons (Fsp3) is 0.353. The number of rotatable bonds is 3. The number of nitriles is 3. The molecule has 1 saturated heterocycles. The number of hydrogen-bond donors (Lipinski definition) is 1. The lowest BCUT2D eigenvalue weighted by Crippen LogP contribution is -2.41. The van der Waals surface area contributed by atoms with E-state index in [-0.39, 0.29) is 5.46 Å². The van der Waals surface area contributed by atoms with Gasteiger partial charge in [0.05, 0.1) is 16.9 Å². The van der Waals surface area contributed by atoms with Crippen LogP contribution in [0.5, 0.6) is 0 Å². The van der Waals surface area contributed by atoms with Crippen LogP contribution in [0.15, 0.2) is 17.3 Å². The molecule has 1 N–H and O–H groups in total. The number of anilines is 1. The summed E-state index contributed by atoms with van der Waals surface area (Å²) in [5, 5.41) is 29.1. The van der Waals surface area contributed by atoms with Gasteiger partial charge in [0.2, 0.25) is 0 Å². The van der Waals surface area contributed by atoms with Crippen molar-refractivity contribution in [2.24, 2.45) is 0 Å². The minimum atomic E-state index is -1.79. The first-order valence-corrected chi connectivity index (χ1v) is 7.73. The van der Waals surface area contributed by atoms with Crippen molar-refractivity contribution >= 4 is 18.3 Å². The molecule has 0 saturated carbocycles. The molecule has 10 heteroatoms. The molecule has 0 bridgehead atoms. The topological polar surface area (TPSA) is 102 Å². The molecule has 1 heterocycles. The van der Waals surface area contributed by atoms with Crippen molar-refractivity contribution in [3.63, 3.8) is 0 Å². The minimum absolute atomic E-state index is 0.256. The Kier molecular flexibility index (Phi) is 5.24. The van der Waals surface area contributed by atoms with E-state index in [1.165, 1.54) is 18.2 Å². The van der Waals surface area contributed by atoms with Crippen molar-refractivity contribution < 1.29 is 22.5 Å². The number of nitrogens with one attached hydrogen (secondary N) is 1. The fourth-order valence-corrected chi connectivity index (χ4v) is 2.30. The maximum absolute atomic E-state index is 14.4. The highest BCUT2D eigenvalue weighted by Gasteiger charge is 2.53. The van der Waals surface area contributed by atoms with E-state index in [9.17, 15) is 13.2 Å². The van der Waals surface area contributed by atoms with Gasteiger partial charge in [-0.2, -0.15) is 15.8 Å². The van der Waals surface area contributed by atoms with Crippen LogP contribution in [0.4, 0.5) is 18.9 Å². The molecular weight excluding hydrogens is 360 g/mol. The zero-order valence-electron chi connectivity index (χ0n) is 14.9. The molecule has 1 fully saturated rings. The van der Waals surface area contributed by atoms with E-state index in [2.05, 4.69) is 5.32 Å². The highest BCUT2D eigenvalue weighted by molar-refractivity contribution is 6.64. The molecule has 0 aromatic heterocycles. The van der Waals surface area contributed by atoms with E-state index in [1.807, 2.05) is 0 Å². The molecule has 0 radical (unpaired) electrons. The maximum Gasteiger partial charge on any atom is 0.497 e. The Bertz CT molecular complexity index is 923. The molecule has 0 amide bonds. The van der Waals surface area contributed by atoms with Gasteiger partial charge in [0.25, 0.3) is 0 Å². The summed E-state index contributed by atoms with van der Waals surface area (Å²) in [6.45, 7) is 6.83. The predicted molar refractivity (Wildman–Crippen MR) is 89.5 cm³/mol. The molecule has 1 aliphatic rings. The monoisotopic (exact) mass is 374 g/mol. The first kappa shape index (κ1) is 20.3. The van der Waals surface area contributed by atoms with Gasteiger partial charge in [0, 0.05) is 5.46 Å². The molecule has 0 atom stereocenters. The number of nitrogens with zero attached hydrogens (tertiary/aromatic N) is 3. The SMILES string of the molecule is CC1(C)OB(c2cc(F)c(F)c(F)c2NC(C#N)=C(C#N)C#N)OC1(C)C. The molecule has 1 aromatic rings. The smallest absolute Gasteiger partial charge is 0.399 e. The molecule has 1 aliphatic heterocycles. The first-order chi connectivity index (χ1) is 12.5. The Morgan fingerprint density at radius 1 is 0.963 bits per heavy atom. The summed E-state index contributed by atoms with van der Waals surface area (Å²) in [4.78, 5) is 0. The van der Waals surface area contributed by atoms with Gasteiger partial charge in [0.1, 0.15) is 23.9 Å². The van der Waals surface area contributed by atoms with E-state index in [0.717, 1.165) is 0 Å². The van der Waals surface area contributed by atoms with Crippen molar-refractivity contribution in [1.29, 1.82) is 15.8 Å². The third-order valence-electron chi connectivity index (χ3n) is 4.54. The summed E-state index contributed by atoms with van der Waals surface area (Å²) in [5.41, 5.74) is -3.90. The lowest BCUT2D eigenvalue weighted by molar-refractivity contribution is 0.00578. The van der Waals surface area contributed by atoms with Crippen LogP contribution in [0.1, 0.15) is 27.7 Å². The number of benzene rings is 1. The van der Waals surface area contributed by atoms with Crippen LogP contribution in [-0.2, 0) is 9.31 Å². The third-order valence-corrected chi connectivity index (χ3v) is 4.54. The van der Waals surface area contributed by atoms with Crippen LogP contribution >= 0.6 is 0 Å². The second-order valence-corrected chi connectivity index (χ2v) is 6.75. The normalized spacial score (nSPS) is 16.8. The lowest BCUT2D eigenvalue weighted by Gasteiger charge is -2.32. The van der Waals surface area contributed by atoms with Crippen molar-refractivity contribution in [2.45, 2.75) is 38.9 Å². The standard InChI is InChI=1S/C17H14BF3N4O2/c1-16(2)17(3,4)27-18(26-16)10-5-11(19)13(20)14(21)15(10)25-12(8-24)9(6-22)7-23/h5,25H,1-4H3. The summed E-state index contributed by atoms with van der Waals surface area (Å²) in [6, 6.07) is 5.13. The van der Waals surface area contributed by atoms with Crippen LogP contribution in [0, 0.1) is 51.4 Å².